The van der Waals surface area contributed by atoms with Crippen LogP contribution in [0.25, 0.3) is 0 Å². The first-order chi connectivity index (χ1) is 12.4. The Bertz CT molecular complexity index is 259. The van der Waals surface area contributed by atoms with Gasteiger partial charge in [-0.15, -0.1) is 0 Å². The van der Waals surface area contributed by atoms with Crippen molar-refractivity contribution in [3.05, 3.63) is 0 Å². The molecule has 0 saturated heterocycles. The third-order valence-electron chi connectivity index (χ3n) is 3.39. The average Bonchev–Trinajstić information content (AvgIpc) is 2.57. The average molecular weight is 413 g/mol. The van der Waals surface area contributed by atoms with Gasteiger partial charge in [0.1, 0.15) is 0 Å². The van der Waals surface area contributed by atoms with E-state index in [2.05, 4.69) is 20.8 Å². The normalized spacial score (nSPS) is 12.2. The van der Waals surface area contributed by atoms with Crippen LogP contribution in [0, 0.1) is 0 Å². The molecule has 0 N–H and O–H groups in total. The summed E-state index contributed by atoms with van der Waals surface area (Å²) >= 11 is 0. The van der Waals surface area contributed by atoms with Crippen LogP contribution in [0.4, 0.5) is 0 Å². The molecule has 0 saturated carbocycles. The fourth-order valence-corrected chi connectivity index (χ4v) is 7.61. The van der Waals surface area contributed by atoms with Gasteiger partial charge in [-0.1, -0.05) is 27.2 Å². The van der Waals surface area contributed by atoms with Crippen molar-refractivity contribution in [2.75, 3.05) is 39.6 Å². The van der Waals surface area contributed by atoms with Crippen LogP contribution in [-0.4, -0.2) is 57.3 Å². The molecule has 0 bridgehead atoms. The van der Waals surface area contributed by atoms with Gasteiger partial charge in [-0.2, -0.15) is 0 Å². The molecule has 0 aliphatic carbocycles. The predicted octanol–water partition coefficient (Wildman–Crippen LogP) is 4.89. The van der Waals surface area contributed by atoms with E-state index in [-0.39, 0.29) is 0 Å². The molecule has 0 aromatic heterocycles. The maximum Gasteiger partial charge on any atom is 0.503 e. The van der Waals surface area contributed by atoms with Crippen LogP contribution in [0.3, 0.4) is 0 Å². The zero-order chi connectivity index (χ0) is 20.5. The van der Waals surface area contributed by atoms with Gasteiger partial charge in [0.2, 0.25) is 0 Å². The molecule has 6 nitrogen and oxygen atoms in total. The molecule has 0 heterocycles. The molecule has 0 spiro atoms. The van der Waals surface area contributed by atoms with E-state index in [9.17, 15) is 0 Å². The highest BCUT2D eigenvalue weighted by molar-refractivity contribution is 6.62. The van der Waals surface area contributed by atoms with Gasteiger partial charge in [0.15, 0.2) is 0 Å². The maximum atomic E-state index is 5.67. The van der Waals surface area contributed by atoms with E-state index in [1.54, 1.807) is 0 Å². The Morgan fingerprint density at radius 2 is 0.846 bits per heavy atom. The second-order valence-corrected chi connectivity index (χ2v) is 11.7. The van der Waals surface area contributed by atoms with E-state index in [0.717, 1.165) is 12.5 Å². The molecule has 0 fully saturated rings. The Morgan fingerprint density at radius 1 is 0.538 bits per heavy atom. The highest BCUT2D eigenvalue weighted by Gasteiger charge is 2.44. The van der Waals surface area contributed by atoms with Crippen molar-refractivity contribution in [3.8, 4) is 0 Å². The zero-order valence-corrected chi connectivity index (χ0v) is 20.7. The first-order valence-electron chi connectivity index (χ1n) is 10.2. The molecule has 0 atom stereocenters. The molecule has 26 heavy (non-hydrogen) atoms. The maximum absolute atomic E-state index is 5.67. The van der Waals surface area contributed by atoms with Crippen LogP contribution in [0.2, 0.25) is 11.6 Å². The van der Waals surface area contributed by atoms with Crippen LogP contribution in [0.1, 0.15) is 68.7 Å². The molecule has 0 amide bonds. The second-order valence-electron chi connectivity index (χ2n) is 5.79. The molecule has 0 unspecified atom stereocenters. The lowest BCUT2D eigenvalue weighted by Crippen LogP contribution is -2.48. The highest BCUT2D eigenvalue weighted by atomic mass is 28.4. The van der Waals surface area contributed by atoms with Crippen LogP contribution >= 0.6 is 0 Å². The summed E-state index contributed by atoms with van der Waals surface area (Å²) in [5, 5.41) is 0. The Balaban J connectivity index is 0. The standard InChI is InChI=1S/2C9H22O3Si/c1-6-10-13(9(4)5,11-7-2)12-8-3;1-5-9-13(10-6-2,11-7-3)12-8-4/h9H,6-8H2,1-5H3;5-9H2,1-4H3. The van der Waals surface area contributed by atoms with Gasteiger partial charge in [0.25, 0.3) is 0 Å². The molecule has 0 aliphatic rings. The summed E-state index contributed by atoms with van der Waals surface area (Å²) in [4.78, 5) is 0. The van der Waals surface area contributed by atoms with E-state index >= 15 is 0 Å². The third kappa shape index (κ3) is 11.1. The highest BCUT2D eigenvalue weighted by Crippen LogP contribution is 2.24. The summed E-state index contributed by atoms with van der Waals surface area (Å²) < 4.78 is 33.9. The van der Waals surface area contributed by atoms with E-state index in [1.807, 2.05) is 41.5 Å². The lowest BCUT2D eigenvalue weighted by atomic mass is 10.6. The SMILES string of the molecule is CCC[Si](OCC)(OCC)OCC.CCO[Si](OCC)(OCC)C(C)C. The fraction of sp³-hybridized carbons (Fsp3) is 1.00. The molecule has 8 heteroatoms. The van der Waals surface area contributed by atoms with Crippen LogP contribution < -0.4 is 0 Å². The number of hydrogen-bond acceptors (Lipinski definition) is 6. The summed E-state index contributed by atoms with van der Waals surface area (Å²) in [6, 6.07) is 0.919. The van der Waals surface area contributed by atoms with Gasteiger partial charge in [0, 0.05) is 51.2 Å². The number of hydrogen-bond donors (Lipinski definition) is 0. The summed E-state index contributed by atoms with van der Waals surface area (Å²) in [6.45, 7) is 22.2. The Labute approximate surface area is 164 Å². The lowest BCUT2D eigenvalue weighted by molar-refractivity contribution is 0.0641. The van der Waals surface area contributed by atoms with Crippen molar-refractivity contribution in [1.29, 1.82) is 0 Å². The zero-order valence-electron chi connectivity index (χ0n) is 18.7. The summed E-state index contributed by atoms with van der Waals surface area (Å²) in [7, 11) is -4.67. The molecular formula is C18H44O6Si2. The molecule has 0 radical (unpaired) electrons. The van der Waals surface area contributed by atoms with Crippen molar-refractivity contribution in [2.24, 2.45) is 0 Å². The van der Waals surface area contributed by atoms with Gasteiger partial charge in [-0.3, -0.25) is 0 Å². The van der Waals surface area contributed by atoms with Crippen molar-refractivity contribution >= 4 is 17.6 Å². The van der Waals surface area contributed by atoms with Crippen molar-refractivity contribution in [3.63, 3.8) is 0 Å². The van der Waals surface area contributed by atoms with E-state index in [1.165, 1.54) is 0 Å². The van der Waals surface area contributed by atoms with Gasteiger partial charge in [0.05, 0.1) is 0 Å². The summed E-state index contributed by atoms with van der Waals surface area (Å²) in [6.07, 6.45) is 1.05. The fourth-order valence-electron chi connectivity index (χ4n) is 2.54. The summed E-state index contributed by atoms with van der Waals surface area (Å²) in [5.74, 6) is 0. The minimum absolute atomic E-state index is 0.326. The van der Waals surface area contributed by atoms with Gasteiger partial charge in [-0.05, 0) is 41.5 Å². The van der Waals surface area contributed by atoms with Crippen molar-refractivity contribution in [2.45, 2.75) is 80.3 Å². The topological polar surface area (TPSA) is 55.4 Å². The second kappa shape index (κ2) is 17.3. The van der Waals surface area contributed by atoms with Crippen molar-refractivity contribution < 1.29 is 26.6 Å². The number of rotatable bonds is 15. The minimum Gasteiger partial charge on any atom is -0.374 e. The van der Waals surface area contributed by atoms with Crippen LogP contribution in [-0.2, 0) is 26.6 Å². The molecule has 160 valence electrons. The van der Waals surface area contributed by atoms with Gasteiger partial charge < -0.3 is 26.6 Å². The summed E-state index contributed by atoms with van der Waals surface area (Å²) in [5.41, 5.74) is 0.326. The Hall–Kier alpha value is 0.194. The van der Waals surface area contributed by atoms with E-state index in [0.29, 0.717) is 45.2 Å². The van der Waals surface area contributed by atoms with Gasteiger partial charge in [-0.25, -0.2) is 0 Å². The molecule has 0 aliphatic heterocycles. The molecule has 0 aromatic carbocycles. The molecular weight excluding hydrogens is 368 g/mol. The largest absolute Gasteiger partial charge is 0.503 e. The van der Waals surface area contributed by atoms with Crippen molar-refractivity contribution in [1.82, 2.24) is 0 Å². The van der Waals surface area contributed by atoms with Crippen LogP contribution in [0.5, 0.6) is 0 Å². The molecule has 0 rings (SSSR count). The van der Waals surface area contributed by atoms with Crippen LogP contribution in [0.15, 0.2) is 0 Å². The smallest absolute Gasteiger partial charge is 0.374 e. The predicted molar refractivity (Wildman–Crippen MR) is 111 cm³/mol. The lowest BCUT2D eigenvalue weighted by Gasteiger charge is -2.31. The minimum atomic E-state index is -2.37. The third-order valence-corrected chi connectivity index (χ3v) is 10.2. The first kappa shape index (κ1) is 28.4. The Kier molecular flexibility index (Phi) is 18.9. The first-order valence-corrected chi connectivity index (χ1v) is 13.9. The quantitative estimate of drug-likeness (QED) is 0.357. The molecule has 0 aromatic rings. The van der Waals surface area contributed by atoms with Gasteiger partial charge >= 0.3 is 17.6 Å². The monoisotopic (exact) mass is 412 g/mol. The van der Waals surface area contributed by atoms with E-state index < -0.39 is 17.6 Å². The Morgan fingerprint density at radius 3 is 1.04 bits per heavy atom. The van der Waals surface area contributed by atoms with E-state index in [4.69, 9.17) is 26.6 Å².